The van der Waals surface area contributed by atoms with E-state index in [-0.39, 0.29) is 6.42 Å². The van der Waals surface area contributed by atoms with Crippen LogP contribution in [0.25, 0.3) is 10.9 Å². The molecule has 0 bridgehead atoms. The molecule has 106 valence electrons. The van der Waals surface area contributed by atoms with Crippen molar-refractivity contribution in [2.24, 2.45) is 0 Å². The Morgan fingerprint density at radius 2 is 1.95 bits per heavy atom. The van der Waals surface area contributed by atoms with E-state index >= 15 is 0 Å². The molecule has 1 heterocycles. The molecule has 0 spiro atoms. The molecule has 0 fully saturated rings. The number of carboxylic acid groups (broad SMARTS) is 1. The largest absolute Gasteiger partial charge is 0.481 e. The third-order valence-corrected chi connectivity index (χ3v) is 4.31. The summed E-state index contributed by atoms with van der Waals surface area (Å²) in [4.78, 5) is 10.6. The van der Waals surface area contributed by atoms with Crippen LogP contribution >= 0.6 is 0 Å². The van der Waals surface area contributed by atoms with Crippen molar-refractivity contribution in [2.45, 2.75) is 51.5 Å². The Labute approximate surface area is 119 Å². The summed E-state index contributed by atoms with van der Waals surface area (Å²) in [7, 11) is 0. The first-order valence-electron chi connectivity index (χ1n) is 7.58. The summed E-state index contributed by atoms with van der Waals surface area (Å²) >= 11 is 0. The number of nitrogens with zero attached hydrogens (tertiary/aromatic N) is 1. The lowest BCUT2D eigenvalue weighted by Gasteiger charge is -2.15. The maximum Gasteiger partial charge on any atom is 0.303 e. The van der Waals surface area contributed by atoms with E-state index in [2.05, 4.69) is 28.8 Å². The van der Waals surface area contributed by atoms with Crippen molar-refractivity contribution >= 4 is 16.9 Å². The first kappa shape index (κ1) is 13.2. The zero-order valence-electron chi connectivity index (χ0n) is 11.8. The second-order valence-corrected chi connectivity index (χ2v) is 5.65. The van der Waals surface area contributed by atoms with Crippen molar-refractivity contribution in [1.82, 2.24) is 4.57 Å². The van der Waals surface area contributed by atoms with Gasteiger partial charge in [0.1, 0.15) is 0 Å². The molecule has 3 rings (SSSR count). The molecular weight excluding hydrogens is 250 g/mol. The van der Waals surface area contributed by atoms with Crippen molar-refractivity contribution in [1.29, 1.82) is 0 Å². The molecule has 0 saturated heterocycles. The fourth-order valence-corrected chi connectivity index (χ4v) is 3.39. The molecule has 0 saturated carbocycles. The van der Waals surface area contributed by atoms with Crippen LogP contribution in [0.5, 0.6) is 0 Å². The number of fused-ring (bicyclic) bond motifs is 3. The van der Waals surface area contributed by atoms with Gasteiger partial charge in [-0.05, 0) is 50.2 Å². The highest BCUT2D eigenvalue weighted by Crippen LogP contribution is 2.32. The third-order valence-electron chi connectivity index (χ3n) is 4.31. The number of benzene rings is 1. The molecule has 0 radical (unpaired) electrons. The average molecular weight is 271 g/mol. The third kappa shape index (κ3) is 2.45. The quantitative estimate of drug-likeness (QED) is 0.841. The minimum atomic E-state index is -0.690. The summed E-state index contributed by atoms with van der Waals surface area (Å²) < 4.78 is 2.44. The standard InChI is InChI=1S/C17H21NO2/c19-17(20)11-5-6-12-18-15-9-3-1-7-13(15)14-8-2-4-10-16(14)18/h1,3,7,9H,2,4-6,8,10-12H2,(H,19,20). The molecular formula is C17H21NO2. The normalized spacial score (nSPS) is 14.4. The summed E-state index contributed by atoms with van der Waals surface area (Å²) in [5.41, 5.74) is 4.35. The summed E-state index contributed by atoms with van der Waals surface area (Å²) in [5, 5.41) is 10.1. The van der Waals surface area contributed by atoms with Crippen LogP contribution in [-0.4, -0.2) is 15.6 Å². The Hall–Kier alpha value is -1.77. The number of hydrogen-bond acceptors (Lipinski definition) is 1. The van der Waals surface area contributed by atoms with Crippen LogP contribution < -0.4 is 0 Å². The van der Waals surface area contributed by atoms with Crippen LogP contribution in [0, 0.1) is 0 Å². The Morgan fingerprint density at radius 1 is 1.15 bits per heavy atom. The lowest BCUT2D eigenvalue weighted by atomic mass is 9.95. The Balaban J connectivity index is 1.87. The van der Waals surface area contributed by atoms with Gasteiger partial charge in [0, 0.05) is 29.6 Å². The Kier molecular flexibility index (Phi) is 3.77. The number of rotatable bonds is 5. The molecule has 1 aliphatic carbocycles. The molecule has 0 unspecified atom stereocenters. The average Bonchev–Trinajstić information content (AvgIpc) is 2.78. The highest BCUT2D eigenvalue weighted by atomic mass is 16.4. The van der Waals surface area contributed by atoms with E-state index in [4.69, 9.17) is 5.11 Å². The van der Waals surface area contributed by atoms with Gasteiger partial charge < -0.3 is 9.67 Å². The Morgan fingerprint density at radius 3 is 2.80 bits per heavy atom. The number of hydrogen-bond donors (Lipinski definition) is 1. The molecule has 1 aliphatic rings. The highest BCUT2D eigenvalue weighted by molar-refractivity contribution is 5.85. The maximum atomic E-state index is 10.6. The Bertz CT molecular complexity index is 627. The van der Waals surface area contributed by atoms with E-state index in [9.17, 15) is 4.79 Å². The maximum absolute atomic E-state index is 10.6. The SMILES string of the molecule is O=C(O)CCCCn1c2c(c3ccccc31)CCCC2. The van der Waals surface area contributed by atoms with Gasteiger partial charge in [-0.15, -0.1) is 0 Å². The number of carbonyl (C=O) groups is 1. The van der Waals surface area contributed by atoms with Crippen molar-refractivity contribution in [3.63, 3.8) is 0 Å². The topological polar surface area (TPSA) is 42.2 Å². The second-order valence-electron chi connectivity index (χ2n) is 5.65. The van der Waals surface area contributed by atoms with Crippen molar-refractivity contribution in [3.05, 3.63) is 35.5 Å². The zero-order valence-corrected chi connectivity index (χ0v) is 11.8. The van der Waals surface area contributed by atoms with E-state index in [1.54, 1.807) is 0 Å². The van der Waals surface area contributed by atoms with Crippen molar-refractivity contribution < 1.29 is 9.90 Å². The van der Waals surface area contributed by atoms with E-state index in [0.29, 0.717) is 0 Å². The second kappa shape index (κ2) is 5.70. The molecule has 1 aromatic carbocycles. The van der Waals surface area contributed by atoms with Crippen molar-refractivity contribution in [3.8, 4) is 0 Å². The van der Waals surface area contributed by atoms with Crippen LogP contribution in [0.4, 0.5) is 0 Å². The van der Waals surface area contributed by atoms with Crippen LogP contribution in [-0.2, 0) is 24.2 Å². The van der Waals surface area contributed by atoms with Gasteiger partial charge in [0.2, 0.25) is 0 Å². The van der Waals surface area contributed by atoms with E-state index in [1.165, 1.54) is 47.8 Å². The van der Waals surface area contributed by atoms with E-state index in [1.807, 2.05) is 0 Å². The van der Waals surface area contributed by atoms with Gasteiger partial charge in [-0.25, -0.2) is 0 Å². The monoisotopic (exact) mass is 271 g/mol. The van der Waals surface area contributed by atoms with Gasteiger partial charge in [-0.2, -0.15) is 0 Å². The molecule has 0 amide bonds. The number of aryl methyl sites for hydroxylation is 2. The van der Waals surface area contributed by atoms with Crippen LogP contribution in [0.2, 0.25) is 0 Å². The molecule has 0 aliphatic heterocycles. The van der Waals surface area contributed by atoms with Gasteiger partial charge in [0.05, 0.1) is 0 Å². The zero-order chi connectivity index (χ0) is 13.9. The smallest absolute Gasteiger partial charge is 0.303 e. The van der Waals surface area contributed by atoms with Gasteiger partial charge in [0.15, 0.2) is 0 Å². The fraction of sp³-hybridized carbons (Fsp3) is 0.471. The summed E-state index contributed by atoms with van der Waals surface area (Å²) in [6.07, 6.45) is 6.91. The molecule has 1 N–H and O–H groups in total. The molecule has 3 nitrogen and oxygen atoms in total. The van der Waals surface area contributed by atoms with Gasteiger partial charge in [-0.1, -0.05) is 18.2 Å². The lowest BCUT2D eigenvalue weighted by Crippen LogP contribution is -2.09. The van der Waals surface area contributed by atoms with Crippen LogP contribution in [0.15, 0.2) is 24.3 Å². The van der Waals surface area contributed by atoms with Gasteiger partial charge >= 0.3 is 5.97 Å². The molecule has 3 heteroatoms. The fourth-order valence-electron chi connectivity index (χ4n) is 3.39. The summed E-state index contributed by atoms with van der Waals surface area (Å²) in [6.45, 7) is 0.948. The van der Waals surface area contributed by atoms with Gasteiger partial charge in [0.25, 0.3) is 0 Å². The van der Waals surface area contributed by atoms with Crippen LogP contribution in [0.1, 0.15) is 43.4 Å². The summed E-state index contributed by atoms with van der Waals surface area (Å²) in [5.74, 6) is -0.690. The van der Waals surface area contributed by atoms with Crippen molar-refractivity contribution in [2.75, 3.05) is 0 Å². The number of aromatic nitrogens is 1. The lowest BCUT2D eigenvalue weighted by molar-refractivity contribution is -0.137. The minimum absolute atomic E-state index is 0.279. The highest BCUT2D eigenvalue weighted by Gasteiger charge is 2.19. The van der Waals surface area contributed by atoms with E-state index in [0.717, 1.165) is 19.4 Å². The number of aliphatic carboxylic acids is 1. The minimum Gasteiger partial charge on any atom is -0.481 e. The molecule has 1 aromatic heterocycles. The first-order chi connectivity index (χ1) is 9.77. The number of carboxylic acids is 1. The number of unbranched alkanes of at least 4 members (excludes halogenated alkanes) is 1. The predicted molar refractivity (Wildman–Crippen MR) is 80.1 cm³/mol. The molecule has 0 atom stereocenters. The first-order valence-corrected chi connectivity index (χ1v) is 7.58. The number of para-hydroxylation sites is 1. The summed E-state index contributed by atoms with van der Waals surface area (Å²) in [6, 6.07) is 8.64. The van der Waals surface area contributed by atoms with Gasteiger partial charge in [-0.3, -0.25) is 4.79 Å². The molecule has 2 aromatic rings. The van der Waals surface area contributed by atoms with Crippen LogP contribution in [0.3, 0.4) is 0 Å². The van der Waals surface area contributed by atoms with E-state index < -0.39 is 5.97 Å². The predicted octanol–water partition coefficient (Wildman–Crippen LogP) is 3.78. The molecule has 20 heavy (non-hydrogen) atoms.